The standard InChI is InChI=1S/C28H25ClN2O4/c1-34-25-9-5-4-8-24(25)31-28(33)23-16-20-6-2-3-7-21(20)17-26(23)35-18-27(32)30-15-14-19-10-12-22(29)13-11-19/h2-13,16-17H,14-15,18H2,1H3,(H,30,32)(H,31,33). The van der Waals surface area contributed by atoms with E-state index in [0.717, 1.165) is 16.3 Å². The molecule has 0 fully saturated rings. The van der Waals surface area contributed by atoms with E-state index < -0.39 is 0 Å². The molecule has 35 heavy (non-hydrogen) atoms. The molecule has 4 aromatic carbocycles. The highest BCUT2D eigenvalue weighted by atomic mass is 35.5. The van der Waals surface area contributed by atoms with Crippen LogP contribution in [0, 0.1) is 0 Å². The fourth-order valence-corrected chi connectivity index (χ4v) is 3.77. The Kier molecular flexibility index (Phi) is 7.85. The first-order chi connectivity index (χ1) is 17.0. The van der Waals surface area contributed by atoms with Crippen molar-refractivity contribution in [3.63, 3.8) is 0 Å². The van der Waals surface area contributed by atoms with Gasteiger partial charge in [0.25, 0.3) is 11.8 Å². The van der Waals surface area contributed by atoms with Gasteiger partial charge >= 0.3 is 0 Å². The summed E-state index contributed by atoms with van der Waals surface area (Å²) >= 11 is 5.91. The van der Waals surface area contributed by atoms with Crippen LogP contribution in [-0.4, -0.2) is 32.1 Å². The number of para-hydroxylation sites is 2. The Balaban J connectivity index is 1.46. The second kappa shape index (κ2) is 11.4. The molecule has 0 aliphatic heterocycles. The highest BCUT2D eigenvalue weighted by Crippen LogP contribution is 2.29. The van der Waals surface area contributed by atoms with Crippen molar-refractivity contribution in [3.8, 4) is 11.5 Å². The highest BCUT2D eigenvalue weighted by Gasteiger charge is 2.17. The Bertz CT molecular complexity index is 1340. The van der Waals surface area contributed by atoms with Crippen LogP contribution < -0.4 is 20.1 Å². The number of nitrogens with one attached hydrogen (secondary N) is 2. The summed E-state index contributed by atoms with van der Waals surface area (Å²) in [6.07, 6.45) is 0.672. The van der Waals surface area contributed by atoms with Crippen LogP contribution in [0.4, 0.5) is 5.69 Å². The average Bonchev–Trinajstić information content (AvgIpc) is 2.88. The predicted octanol–water partition coefficient (Wildman–Crippen LogP) is 5.49. The Hall–Kier alpha value is -4.03. The lowest BCUT2D eigenvalue weighted by Crippen LogP contribution is -2.31. The molecule has 0 unspecified atom stereocenters. The first-order valence-electron chi connectivity index (χ1n) is 11.1. The molecule has 0 atom stereocenters. The topological polar surface area (TPSA) is 76.7 Å². The minimum atomic E-state index is -0.363. The van der Waals surface area contributed by atoms with E-state index in [1.54, 1.807) is 31.4 Å². The summed E-state index contributed by atoms with van der Waals surface area (Å²) in [5.41, 5.74) is 1.93. The van der Waals surface area contributed by atoms with E-state index in [1.807, 2.05) is 60.7 Å². The van der Waals surface area contributed by atoms with E-state index in [-0.39, 0.29) is 18.4 Å². The molecule has 7 heteroatoms. The van der Waals surface area contributed by atoms with Crippen LogP contribution in [0.5, 0.6) is 11.5 Å². The number of hydrogen-bond acceptors (Lipinski definition) is 4. The van der Waals surface area contributed by atoms with Crippen molar-refractivity contribution < 1.29 is 19.1 Å². The van der Waals surface area contributed by atoms with Crippen LogP contribution >= 0.6 is 11.6 Å². The quantitative estimate of drug-likeness (QED) is 0.326. The minimum Gasteiger partial charge on any atom is -0.495 e. The van der Waals surface area contributed by atoms with Crippen LogP contribution in [0.1, 0.15) is 15.9 Å². The van der Waals surface area contributed by atoms with E-state index in [1.165, 1.54) is 0 Å². The zero-order chi connectivity index (χ0) is 24.6. The molecule has 2 N–H and O–H groups in total. The number of rotatable bonds is 9. The second-order valence-electron chi connectivity index (χ2n) is 7.87. The predicted molar refractivity (Wildman–Crippen MR) is 139 cm³/mol. The number of benzene rings is 4. The zero-order valence-corrected chi connectivity index (χ0v) is 20.0. The van der Waals surface area contributed by atoms with Gasteiger partial charge in [0.1, 0.15) is 11.5 Å². The molecule has 4 aromatic rings. The molecular weight excluding hydrogens is 464 g/mol. The first kappa shape index (κ1) is 24.1. The molecule has 0 aliphatic rings. The molecule has 6 nitrogen and oxygen atoms in total. The number of hydrogen-bond donors (Lipinski definition) is 2. The zero-order valence-electron chi connectivity index (χ0n) is 19.2. The number of anilines is 1. The molecule has 0 spiro atoms. The number of fused-ring (bicyclic) bond motifs is 1. The fraction of sp³-hybridized carbons (Fsp3) is 0.143. The fourth-order valence-electron chi connectivity index (χ4n) is 3.65. The SMILES string of the molecule is COc1ccccc1NC(=O)c1cc2ccccc2cc1OCC(=O)NCCc1ccc(Cl)cc1. The molecule has 2 amide bonds. The number of carbonyl (C=O) groups is 2. The van der Waals surface area contributed by atoms with Gasteiger partial charge in [-0.05, 0) is 59.2 Å². The third kappa shape index (κ3) is 6.31. The van der Waals surface area contributed by atoms with Crippen molar-refractivity contribution >= 4 is 39.9 Å². The van der Waals surface area contributed by atoms with Gasteiger partial charge in [0.15, 0.2) is 6.61 Å². The monoisotopic (exact) mass is 488 g/mol. The van der Waals surface area contributed by atoms with Gasteiger partial charge in [-0.3, -0.25) is 9.59 Å². The van der Waals surface area contributed by atoms with Gasteiger partial charge in [0, 0.05) is 11.6 Å². The molecule has 178 valence electrons. The third-order valence-corrected chi connectivity index (χ3v) is 5.71. The number of methoxy groups -OCH3 is 1. The molecule has 0 aliphatic carbocycles. The minimum absolute atomic E-state index is 0.214. The van der Waals surface area contributed by atoms with Crippen LogP contribution in [0.3, 0.4) is 0 Å². The largest absolute Gasteiger partial charge is 0.495 e. The van der Waals surface area contributed by atoms with E-state index in [2.05, 4.69) is 10.6 Å². The molecular formula is C28H25ClN2O4. The summed E-state index contributed by atoms with van der Waals surface area (Å²) in [5, 5.41) is 8.18. The first-order valence-corrected chi connectivity index (χ1v) is 11.5. The summed E-state index contributed by atoms with van der Waals surface area (Å²) in [7, 11) is 1.54. The second-order valence-corrected chi connectivity index (χ2v) is 8.30. The lowest BCUT2D eigenvalue weighted by Gasteiger charge is -2.15. The Labute approximate surface area is 208 Å². The van der Waals surface area contributed by atoms with Crippen LogP contribution in [-0.2, 0) is 11.2 Å². The molecule has 4 rings (SSSR count). The summed E-state index contributed by atoms with van der Waals surface area (Å²) in [6, 6.07) is 25.8. The van der Waals surface area contributed by atoms with E-state index in [9.17, 15) is 9.59 Å². The summed E-state index contributed by atoms with van der Waals surface area (Å²) < 4.78 is 11.2. The van der Waals surface area contributed by atoms with Crippen molar-refractivity contribution in [2.45, 2.75) is 6.42 Å². The van der Waals surface area contributed by atoms with Crippen molar-refractivity contribution in [1.82, 2.24) is 5.32 Å². The van der Waals surface area contributed by atoms with E-state index in [4.69, 9.17) is 21.1 Å². The van der Waals surface area contributed by atoms with Crippen LogP contribution in [0.25, 0.3) is 10.8 Å². The number of amides is 2. The number of halogens is 1. The summed E-state index contributed by atoms with van der Waals surface area (Å²) in [5.74, 6) is 0.231. The lowest BCUT2D eigenvalue weighted by molar-refractivity contribution is -0.123. The van der Waals surface area contributed by atoms with Crippen molar-refractivity contribution in [3.05, 3.63) is 101 Å². The molecule has 0 heterocycles. The van der Waals surface area contributed by atoms with Gasteiger partial charge in [-0.25, -0.2) is 0 Å². The Morgan fingerprint density at radius 1 is 0.857 bits per heavy atom. The van der Waals surface area contributed by atoms with Gasteiger partial charge in [-0.2, -0.15) is 0 Å². The van der Waals surface area contributed by atoms with Crippen molar-refractivity contribution in [2.75, 3.05) is 25.6 Å². The normalized spacial score (nSPS) is 10.6. The van der Waals surface area contributed by atoms with Crippen LogP contribution in [0.2, 0.25) is 5.02 Å². The average molecular weight is 489 g/mol. The van der Waals surface area contributed by atoms with Gasteiger partial charge in [0.05, 0.1) is 18.4 Å². The summed E-state index contributed by atoms with van der Waals surface area (Å²) in [4.78, 5) is 25.6. The highest BCUT2D eigenvalue weighted by molar-refractivity contribution is 6.30. The molecule has 0 saturated carbocycles. The van der Waals surface area contributed by atoms with Gasteiger partial charge < -0.3 is 20.1 Å². The van der Waals surface area contributed by atoms with Crippen molar-refractivity contribution in [2.24, 2.45) is 0 Å². The van der Waals surface area contributed by atoms with Crippen molar-refractivity contribution in [1.29, 1.82) is 0 Å². The Morgan fingerprint density at radius 3 is 2.29 bits per heavy atom. The maximum absolute atomic E-state index is 13.2. The maximum Gasteiger partial charge on any atom is 0.259 e. The Morgan fingerprint density at radius 2 is 1.54 bits per heavy atom. The maximum atomic E-state index is 13.2. The molecule has 0 radical (unpaired) electrons. The van der Waals surface area contributed by atoms with Gasteiger partial charge in [-0.15, -0.1) is 0 Å². The molecule has 0 saturated heterocycles. The lowest BCUT2D eigenvalue weighted by atomic mass is 10.1. The van der Waals surface area contributed by atoms with E-state index >= 15 is 0 Å². The van der Waals surface area contributed by atoms with Gasteiger partial charge in [-0.1, -0.05) is 60.1 Å². The van der Waals surface area contributed by atoms with Gasteiger partial charge in [0.2, 0.25) is 0 Å². The number of ether oxygens (including phenoxy) is 2. The molecule has 0 aromatic heterocycles. The third-order valence-electron chi connectivity index (χ3n) is 5.46. The van der Waals surface area contributed by atoms with E-state index in [0.29, 0.717) is 40.7 Å². The van der Waals surface area contributed by atoms with Crippen LogP contribution in [0.15, 0.2) is 84.9 Å². The smallest absolute Gasteiger partial charge is 0.259 e. The number of carbonyl (C=O) groups excluding carboxylic acids is 2. The molecule has 0 bridgehead atoms. The summed E-state index contributed by atoms with van der Waals surface area (Å²) in [6.45, 7) is 0.247.